The van der Waals surface area contributed by atoms with Gasteiger partial charge in [0.2, 0.25) is 0 Å². The van der Waals surface area contributed by atoms with Crippen LogP contribution in [0.3, 0.4) is 0 Å². The van der Waals surface area contributed by atoms with E-state index in [1.807, 2.05) is 0 Å². The van der Waals surface area contributed by atoms with Crippen LogP contribution < -0.4 is 4.72 Å². The van der Waals surface area contributed by atoms with Crippen molar-refractivity contribution in [1.29, 1.82) is 0 Å². The van der Waals surface area contributed by atoms with Gasteiger partial charge in [0.1, 0.15) is 0 Å². The van der Waals surface area contributed by atoms with Crippen LogP contribution in [0.15, 0.2) is 8.47 Å². The number of unbranched alkanes of at least 4 members (excludes halogenated alkanes) is 1. The van der Waals surface area contributed by atoms with Gasteiger partial charge in [-0.1, -0.05) is 33.6 Å². The molecule has 0 aliphatic rings. The van der Waals surface area contributed by atoms with Crippen molar-refractivity contribution in [2.75, 3.05) is 6.54 Å². The second-order valence-electron chi connectivity index (χ2n) is 3.68. The summed E-state index contributed by atoms with van der Waals surface area (Å²) in [5.41, 5.74) is 0. The fourth-order valence-corrected chi connectivity index (χ4v) is 3.72. The molecule has 0 aromatic heterocycles. The number of rotatable bonds is 9. The fourth-order valence-electron chi connectivity index (χ4n) is 1.12. The molecule has 0 radical (unpaired) electrons. The van der Waals surface area contributed by atoms with E-state index in [9.17, 15) is 0 Å². The standard InChI is InChI=1S/C11H23NS4/c1-4-6-8-12-16-11(14)10(13)15-9(3)7-5-2/h9,12-14H,4-8H2,1-3H3/b11-10-/t9-/m1/s1. The number of thioether (sulfide) groups is 1. The minimum Gasteiger partial charge on any atom is -0.259 e. The highest BCUT2D eigenvalue weighted by atomic mass is 32.2. The summed E-state index contributed by atoms with van der Waals surface area (Å²) in [5.74, 6) is 0. The summed E-state index contributed by atoms with van der Waals surface area (Å²) >= 11 is 12.3. The maximum atomic E-state index is 4.49. The van der Waals surface area contributed by atoms with Gasteiger partial charge in [0, 0.05) is 11.8 Å². The Morgan fingerprint density at radius 3 is 2.44 bits per heavy atom. The zero-order valence-electron chi connectivity index (χ0n) is 10.3. The van der Waals surface area contributed by atoms with E-state index in [1.165, 1.54) is 25.7 Å². The Hall–Kier alpha value is 1.10. The van der Waals surface area contributed by atoms with E-state index in [0.29, 0.717) is 5.25 Å². The molecule has 0 aliphatic heterocycles. The molecule has 0 spiro atoms. The predicted octanol–water partition coefficient (Wildman–Crippen LogP) is 4.93. The lowest BCUT2D eigenvalue weighted by Crippen LogP contribution is -2.04. The first-order chi connectivity index (χ1) is 7.61. The Morgan fingerprint density at radius 1 is 1.19 bits per heavy atom. The zero-order chi connectivity index (χ0) is 12.4. The smallest absolute Gasteiger partial charge is 0.0723 e. The maximum absolute atomic E-state index is 4.49. The summed E-state index contributed by atoms with van der Waals surface area (Å²) in [4.78, 5) is 0. The van der Waals surface area contributed by atoms with E-state index in [1.54, 1.807) is 23.7 Å². The van der Waals surface area contributed by atoms with Gasteiger partial charge in [-0.2, -0.15) is 0 Å². The quantitative estimate of drug-likeness (QED) is 0.317. The average molecular weight is 298 g/mol. The van der Waals surface area contributed by atoms with Gasteiger partial charge in [-0.25, -0.2) is 0 Å². The molecule has 0 aromatic carbocycles. The highest BCUT2D eigenvalue weighted by molar-refractivity contribution is 8.21. The van der Waals surface area contributed by atoms with Crippen molar-refractivity contribution in [2.45, 2.75) is 51.7 Å². The molecule has 96 valence electrons. The first kappa shape index (κ1) is 17.1. The minimum atomic E-state index is 0.621. The van der Waals surface area contributed by atoms with E-state index in [4.69, 9.17) is 0 Å². The molecule has 0 rings (SSSR count). The van der Waals surface area contributed by atoms with Gasteiger partial charge in [0.05, 0.1) is 8.47 Å². The van der Waals surface area contributed by atoms with Crippen molar-refractivity contribution in [3.63, 3.8) is 0 Å². The SMILES string of the molecule is CCCCNS/C(S)=C(/S)S[C@H](C)CCC. The first-order valence-electron chi connectivity index (χ1n) is 5.80. The third kappa shape index (κ3) is 9.16. The van der Waals surface area contributed by atoms with Crippen molar-refractivity contribution in [3.8, 4) is 0 Å². The molecule has 5 heteroatoms. The Labute approximate surface area is 120 Å². The molecule has 0 bridgehead atoms. The van der Waals surface area contributed by atoms with E-state index in [0.717, 1.165) is 15.0 Å². The Bertz CT molecular complexity index is 206. The van der Waals surface area contributed by atoms with Crippen LogP contribution in [-0.4, -0.2) is 11.8 Å². The normalized spacial score (nSPS) is 14.8. The topological polar surface area (TPSA) is 12.0 Å². The Kier molecular flexibility index (Phi) is 12.0. The van der Waals surface area contributed by atoms with Crippen LogP contribution in [0.25, 0.3) is 0 Å². The van der Waals surface area contributed by atoms with Crippen molar-refractivity contribution >= 4 is 49.0 Å². The highest BCUT2D eigenvalue weighted by Gasteiger charge is 2.06. The fraction of sp³-hybridized carbons (Fsp3) is 0.818. The van der Waals surface area contributed by atoms with Crippen LogP contribution in [-0.2, 0) is 0 Å². The summed E-state index contributed by atoms with van der Waals surface area (Å²) in [6.07, 6.45) is 4.87. The van der Waals surface area contributed by atoms with Gasteiger partial charge in [0.15, 0.2) is 0 Å². The summed E-state index contributed by atoms with van der Waals surface area (Å²) in [6.45, 7) is 7.67. The molecule has 0 aromatic rings. The average Bonchev–Trinajstić information content (AvgIpc) is 2.24. The largest absolute Gasteiger partial charge is 0.259 e. The second kappa shape index (κ2) is 11.2. The van der Waals surface area contributed by atoms with Crippen LogP contribution >= 0.6 is 49.0 Å². The van der Waals surface area contributed by atoms with E-state index in [2.05, 4.69) is 50.8 Å². The molecule has 0 amide bonds. The highest BCUT2D eigenvalue weighted by Crippen LogP contribution is 2.35. The summed E-state index contributed by atoms with van der Waals surface area (Å²) in [7, 11) is 0. The number of nitrogens with one attached hydrogen (secondary N) is 1. The lowest BCUT2D eigenvalue weighted by atomic mass is 10.3. The lowest BCUT2D eigenvalue weighted by molar-refractivity contribution is 0.777. The van der Waals surface area contributed by atoms with Crippen molar-refractivity contribution in [2.24, 2.45) is 0 Å². The van der Waals surface area contributed by atoms with Crippen molar-refractivity contribution < 1.29 is 0 Å². The van der Waals surface area contributed by atoms with Gasteiger partial charge >= 0.3 is 0 Å². The molecule has 16 heavy (non-hydrogen) atoms. The second-order valence-corrected chi connectivity index (χ2v) is 7.53. The molecule has 0 saturated carbocycles. The molecule has 0 saturated heterocycles. The van der Waals surface area contributed by atoms with Crippen LogP contribution in [0.5, 0.6) is 0 Å². The third-order valence-electron chi connectivity index (χ3n) is 1.99. The molecule has 1 N–H and O–H groups in total. The predicted molar refractivity (Wildman–Crippen MR) is 87.5 cm³/mol. The Morgan fingerprint density at radius 2 is 1.88 bits per heavy atom. The van der Waals surface area contributed by atoms with E-state index in [-0.39, 0.29) is 0 Å². The number of hydrogen-bond acceptors (Lipinski definition) is 5. The summed E-state index contributed by atoms with van der Waals surface area (Å²) in [5, 5.41) is 0.621. The van der Waals surface area contributed by atoms with Crippen LogP contribution in [0.2, 0.25) is 0 Å². The lowest BCUT2D eigenvalue weighted by Gasteiger charge is -2.11. The van der Waals surface area contributed by atoms with Crippen molar-refractivity contribution in [3.05, 3.63) is 8.47 Å². The van der Waals surface area contributed by atoms with Gasteiger partial charge < -0.3 is 0 Å². The molecule has 0 fully saturated rings. The molecule has 1 nitrogen and oxygen atoms in total. The minimum absolute atomic E-state index is 0.621. The summed E-state index contributed by atoms with van der Waals surface area (Å²) < 4.78 is 5.30. The maximum Gasteiger partial charge on any atom is 0.0723 e. The summed E-state index contributed by atoms with van der Waals surface area (Å²) in [6, 6.07) is 0. The molecular formula is C11H23NS4. The van der Waals surface area contributed by atoms with Crippen LogP contribution in [0.4, 0.5) is 0 Å². The first-order valence-corrected chi connectivity index (χ1v) is 8.39. The van der Waals surface area contributed by atoms with Crippen molar-refractivity contribution in [1.82, 2.24) is 4.72 Å². The van der Waals surface area contributed by atoms with Gasteiger partial charge in [-0.15, -0.1) is 37.0 Å². The molecular weight excluding hydrogens is 274 g/mol. The Balaban J connectivity index is 3.85. The van der Waals surface area contributed by atoms with Crippen LogP contribution in [0.1, 0.15) is 46.5 Å². The zero-order valence-corrected chi connectivity index (χ0v) is 13.7. The molecule has 0 heterocycles. The van der Waals surface area contributed by atoms with Crippen LogP contribution in [0, 0.1) is 0 Å². The van der Waals surface area contributed by atoms with Gasteiger partial charge in [-0.3, -0.25) is 4.72 Å². The monoisotopic (exact) mass is 297 g/mol. The molecule has 0 aliphatic carbocycles. The van der Waals surface area contributed by atoms with E-state index < -0.39 is 0 Å². The third-order valence-corrected chi connectivity index (χ3v) is 5.45. The van der Waals surface area contributed by atoms with Gasteiger partial charge in [0.25, 0.3) is 0 Å². The van der Waals surface area contributed by atoms with E-state index >= 15 is 0 Å². The molecule has 0 unspecified atom stereocenters. The van der Waals surface area contributed by atoms with Gasteiger partial charge in [-0.05, 0) is 24.8 Å². The molecule has 1 atom stereocenters. The number of hydrogen-bond donors (Lipinski definition) is 3. The number of thiol groups is 2.